The van der Waals surface area contributed by atoms with Gasteiger partial charge >= 0.3 is 0 Å². The first-order valence-corrected chi connectivity index (χ1v) is 11.0. The highest BCUT2D eigenvalue weighted by molar-refractivity contribution is 5.48. The molecule has 2 aromatic carbocycles. The van der Waals surface area contributed by atoms with E-state index in [4.69, 9.17) is 18.9 Å². The van der Waals surface area contributed by atoms with Crippen LogP contribution in [0.2, 0.25) is 0 Å². The van der Waals surface area contributed by atoms with E-state index in [-0.39, 0.29) is 17.6 Å². The SMILES string of the molecule is C=CCc1cc(C(C)(C)c2ccc(OC[C@@H]3CO3)c(CC=C)c2)ccc1OCC1CO1. The maximum absolute atomic E-state index is 5.99. The molecule has 0 N–H and O–H groups in total. The first-order chi connectivity index (χ1) is 15.0. The first-order valence-electron chi connectivity index (χ1n) is 11.0. The van der Waals surface area contributed by atoms with E-state index in [2.05, 4.69) is 63.4 Å². The highest BCUT2D eigenvalue weighted by Gasteiger charge is 2.27. The second-order valence-corrected chi connectivity index (χ2v) is 8.79. The van der Waals surface area contributed by atoms with Crippen molar-refractivity contribution in [2.24, 2.45) is 0 Å². The fourth-order valence-electron chi connectivity index (χ4n) is 3.71. The minimum absolute atomic E-state index is 0.178. The lowest BCUT2D eigenvalue weighted by Gasteiger charge is -2.28. The monoisotopic (exact) mass is 420 g/mol. The fourth-order valence-corrected chi connectivity index (χ4v) is 3.71. The van der Waals surface area contributed by atoms with Gasteiger partial charge in [0.15, 0.2) is 0 Å². The van der Waals surface area contributed by atoms with Crippen LogP contribution in [0.15, 0.2) is 61.7 Å². The summed E-state index contributed by atoms with van der Waals surface area (Å²) in [7, 11) is 0. The lowest BCUT2D eigenvalue weighted by Crippen LogP contribution is -2.20. The molecule has 2 fully saturated rings. The molecule has 2 heterocycles. The smallest absolute Gasteiger partial charge is 0.122 e. The average Bonchev–Trinajstić information content (AvgIpc) is 3.67. The molecule has 31 heavy (non-hydrogen) atoms. The van der Waals surface area contributed by atoms with E-state index in [0.717, 1.165) is 48.7 Å². The van der Waals surface area contributed by atoms with Crippen LogP contribution in [0.5, 0.6) is 11.5 Å². The van der Waals surface area contributed by atoms with Crippen LogP contribution in [-0.2, 0) is 27.7 Å². The van der Waals surface area contributed by atoms with Crippen molar-refractivity contribution in [1.82, 2.24) is 0 Å². The van der Waals surface area contributed by atoms with Crippen LogP contribution < -0.4 is 9.47 Å². The quantitative estimate of drug-likeness (QED) is 0.357. The van der Waals surface area contributed by atoms with Gasteiger partial charge in [0.2, 0.25) is 0 Å². The van der Waals surface area contributed by atoms with Crippen LogP contribution in [0.1, 0.15) is 36.1 Å². The van der Waals surface area contributed by atoms with Crippen LogP contribution in [0.3, 0.4) is 0 Å². The Bertz CT molecular complexity index is 863. The minimum atomic E-state index is -0.178. The zero-order chi connectivity index (χ0) is 21.8. The summed E-state index contributed by atoms with van der Waals surface area (Å²) in [5.41, 5.74) is 4.60. The van der Waals surface area contributed by atoms with Gasteiger partial charge in [-0.2, -0.15) is 0 Å². The molecule has 0 aliphatic carbocycles. The number of hydrogen-bond donors (Lipinski definition) is 0. The molecule has 164 valence electrons. The van der Waals surface area contributed by atoms with Crippen LogP contribution in [0.25, 0.3) is 0 Å². The Kier molecular flexibility index (Phi) is 6.49. The molecule has 2 atom stereocenters. The van der Waals surface area contributed by atoms with Crippen molar-refractivity contribution in [2.75, 3.05) is 26.4 Å². The highest BCUT2D eigenvalue weighted by atomic mass is 16.6. The van der Waals surface area contributed by atoms with Crippen LogP contribution in [-0.4, -0.2) is 38.6 Å². The number of allylic oxidation sites excluding steroid dienone is 2. The Labute approximate surface area is 185 Å². The molecule has 0 spiro atoms. The molecule has 0 saturated carbocycles. The van der Waals surface area contributed by atoms with Gasteiger partial charge < -0.3 is 18.9 Å². The van der Waals surface area contributed by atoms with Gasteiger partial charge in [-0.3, -0.25) is 0 Å². The normalized spacial score (nSPS) is 19.5. The molecular formula is C27H32O4. The summed E-state index contributed by atoms with van der Waals surface area (Å²) >= 11 is 0. The molecule has 2 aliphatic heterocycles. The van der Waals surface area contributed by atoms with E-state index in [0.29, 0.717) is 13.2 Å². The zero-order valence-corrected chi connectivity index (χ0v) is 18.6. The van der Waals surface area contributed by atoms with Gasteiger partial charge in [0.25, 0.3) is 0 Å². The lowest BCUT2D eigenvalue weighted by molar-refractivity contribution is 0.261. The van der Waals surface area contributed by atoms with Gasteiger partial charge in [-0.15, -0.1) is 13.2 Å². The second-order valence-electron chi connectivity index (χ2n) is 8.79. The standard InChI is InChI=1S/C27H32O4/c1-5-7-19-13-21(9-11-25(19)30-17-23-15-28-23)27(3,4)22-10-12-26(20(14-22)8-6-2)31-18-24-16-29-24/h5-6,9-14,23-24H,1-2,7-8,15-18H2,3-4H3/t23-,24?/m0/s1. The molecule has 0 amide bonds. The summed E-state index contributed by atoms with van der Waals surface area (Å²) in [4.78, 5) is 0. The summed E-state index contributed by atoms with van der Waals surface area (Å²) in [5.74, 6) is 1.82. The Morgan fingerprint density at radius 3 is 1.61 bits per heavy atom. The largest absolute Gasteiger partial charge is 0.490 e. The van der Waals surface area contributed by atoms with Crippen LogP contribution in [0, 0.1) is 0 Å². The third kappa shape index (κ3) is 5.38. The molecule has 4 nitrogen and oxygen atoms in total. The van der Waals surface area contributed by atoms with Crippen molar-refractivity contribution in [3.63, 3.8) is 0 Å². The Hall–Kier alpha value is -2.56. The summed E-state index contributed by atoms with van der Waals surface area (Å²) in [6.07, 6.45) is 5.85. The number of hydrogen-bond acceptors (Lipinski definition) is 4. The Morgan fingerprint density at radius 2 is 1.26 bits per heavy atom. The first kappa shape index (κ1) is 21.7. The number of rotatable bonds is 12. The summed E-state index contributed by atoms with van der Waals surface area (Å²) in [6.45, 7) is 15.1. The number of ether oxygens (including phenoxy) is 4. The van der Waals surface area contributed by atoms with Gasteiger partial charge in [-0.05, 0) is 47.2 Å². The summed E-state index contributed by atoms with van der Waals surface area (Å²) in [6, 6.07) is 13.0. The van der Waals surface area contributed by atoms with Gasteiger partial charge in [-0.1, -0.05) is 50.3 Å². The van der Waals surface area contributed by atoms with E-state index < -0.39 is 0 Å². The van der Waals surface area contributed by atoms with Gasteiger partial charge in [0.1, 0.15) is 36.9 Å². The summed E-state index contributed by atoms with van der Waals surface area (Å²) < 4.78 is 22.5. The zero-order valence-electron chi connectivity index (χ0n) is 18.6. The molecule has 4 heteroatoms. The maximum atomic E-state index is 5.99. The predicted molar refractivity (Wildman–Crippen MR) is 123 cm³/mol. The summed E-state index contributed by atoms with van der Waals surface area (Å²) in [5, 5.41) is 0. The van der Waals surface area contributed by atoms with E-state index in [1.54, 1.807) is 0 Å². The van der Waals surface area contributed by atoms with E-state index in [1.165, 1.54) is 11.1 Å². The molecule has 2 aliphatic rings. The molecule has 0 radical (unpaired) electrons. The van der Waals surface area contributed by atoms with Gasteiger partial charge in [0, 0.05) is 5.41 Å². The van der Waals surface area contributed by atoms with Gasteiger partial charge in [-0.25, -0.2) is 0 Å². The Balaban J connectivity index is 1.59. The van der Waals surface area contributed by atoms with Crippen molar-refractivity contribution in [2.45, 2.75) is 44.3 Å². The van der Waals surface area contributed by atoms with Crippen molar-refractivity contribution in [3.8, 4) is 11.5 Å². The topological polar surface area (TPSA) is 43.5 Å². The van der Waals surface area contributed by atoms with E-state index in [9.17, 15) is 0 Å². The van der Waals surface area contributed by atoms with Crippen LogP contribution in [0.4, 0.5) is 0 Å². The highest BCUT2D eigenvalue weighted by Crippen LogP contribution is 2.37. The van der Waals surface area contributed by atoms with E-state index >= 15 is 0 Å². The minimum Gasteiger partial charge on any atom is -0.490 e. The molecule has 4 rings (SSSR count). The molecule has 0 bridgehead atoms. The van der Waals surface area contributed by atoms with Crippen molar-refractivity contribution < 1.29 is 18.9 Å². The fraction of sp³-hybridized carbons (Fsp3) is 0.407. The van der Waals surface area contributed by atoms with Crippen molar-refractivity contribution in [3.05, 3.63) is 84.0 Å². The lowest BCUT2D eigenvalue weighted by atomic mass is 9.77. The van der Waals surface area contributed by atoms with Gasteiger partial charge in [0.05, 0.1) is 13.2 Å². The molecule has 1 unspecified atom stereocenters. The third-order valence-corrected chi connectivity index (χ3v) is 5.95. The predicted octanol–water partition coefficient (Wildman–Crippen LogP) is 5.02. The number of benzene rings is 2. The van der Waals surface area contributed by atoms with Crippen LogP contribution >= 0.6 is 0 Å². The third-order valence-electron chi connectivity index (χ3n) is 5.95. The average molecular weight is 421 g/mol. The molecule has 2 saturated heterocycles. The van der Waals surface area contributed by atoms with Crippen molar-refractivity contribution in [1.29, 1.82) is 0 Å². The molecular weight excluding hydrogens is 388 g/mol. The van der Waals surface area contributed by atoms with E-state index in [1.807, 2.05) is 12.2 Å². The number of epoxide rings is 2. The molecule has 0 aromatic heterocycles. The Morgan fingerprint density at radius 1 is 0.839 bits per heavy atom. The second kappa shape index (κ2) is 9.29. The van der Waals surface area contributed by atoms with Crippen molar-refractivity contribution >= 4 is 0 Å². The maximum Gasteiger partial charge on any atom is 0.122 e. The molecule has 2 aromatic rings.